The molecule has 1 saturated heterocycles. The van der Waals surface area contributed by atoms with Crippen LogP contribution in [0.15, 0.2) is 18.2 Å². The van der Waals surface area contributed by atoms with Crippen LogP contribution in [0.3, 0.4) is 0 Å². The van der Waals surface area contributed by atoms with Crippen LogP contribution in [0, 0.1) is 22.7 Å². The first-order valence-corrected chi connectivity index (χ1v) is 9.26. The van der Waals surface area contributed by atoms with Gasteiger partial charge in [-0.2, -0.15) is 10.5 Å². The maximum atomic E-state index is 9.81. The first kappa shape index (κ1) is 18.1. The van der Waals surface area contributed by atoms with E-state index < -0.39 is 5.79 Å². The first-order chi connectivity index (χ1) is 13.0. The van der Waals surface area contributed by atoms with Crippen LogP contribution in [0.4, 0.5) is 5.69 Å². The summed E-state index contributed by atoms with van der Waals surface area (Å²) in [5, 5.41) is 20.4. The van der Waals surface area contributed by atoms with Crippen molar-refractivity contribution in [2.45, 2.75) is 25.0 Å². The maximum absolute atomic E-state index is 9.81. The quantitative estimate of drug-likeness (QED) is 0.724. The molecule has 2 aliphatic rings. The van der Waals surface area contributed by atoms with Crippen LogP contribution in [0.5, 0.6) is 0 Å². The summed E-state index contributed by atoms with van der Waals surface area (Å²) in [7, 11) is 0. The van der Waals surface area contributed by atoms with Crippen LogP contribution in [0.25, 0.3) is 11.1 Å². The fraction of sp³-hybridized carbons (Fsp3) is 0.300. The Morgan fingerprint density at radius 1 is 1.04 bits per heavy atom. The minimum absolute atomic E-state index is 0.184. The normalized spacial score (nSPS) is 17.3. The number of benzene rings is 2. The number of anilines is 1. The summed E-state index contributed by atoms with van der Waals surface area (Å²) >= 11 is 12.5. The molecule has 0 radical (unpaired) electrons. The second-order valence-corrected chi connectivity index (χ2v) is 7.47. The highest BCUT2D eigenvalue weighted by Crippen LogP contribution is 2.46. The highest BCUT2D eigenvalue weighted by atomic mass is 35.5. The molecule has 2 aromatic rings. The lowest BCUT2D eigenvalue weighted by atomic mass is 9.78. The lowest BCUT2D eigenvalue weighted by Crippen LogP contribution is -2.38. The van der Waals surface area contributed by atoms with E-state index in [4.69, 9.17) is 38.4 Å². The molecule has 0 aromatic heterocycles. The second kappa shape index (κ2) is 6.71. The van der Waals surface area contributed by atoms with Crippen molar-refractivity contribution in [2.24, 2.45) is 0 Å². The number of ether oxygens (including phenoxy) is 2. The third kappa shape index (κ3) is 2.84. The first-order valence-electron chi connectivity index (χ1n) is 8.50. The summed E-state index contributed by atoms with van der Waals surface area (Å²) in [5.74, 6) is -0.726. The van der Waals surface area contributed by atoms with Gasteiger partial charge in [-0.05, 0) is 29.7 Å². The van der Waals surface area contributed by atoms with Crippen molar-refractivity contribution in [3.8, 4) is 23.3 Å². The highest BCUT2D eigenvalue weighted by molar-refractivity contribution is 6.36. The van der Waals surface area contributed by atoms with Gasteiger partial charge in [0.1, 0.15) is 12.1 Å². The minimum atomic E-state index is -0.726. The van der Waals surface area contributed by atoms with Gasteiger partial charge in [-0.1, -0.05) is 29.3 Å². The molecule has 0 unspecified atom stereocenters. The number of nitrogens with two attached hydrogens (primary N) is 1. The van der Waals surface area contributed by atoms with Crippen molar-refractivity contribution in [3.63, 3.8) is 0 Å². The zero-order valence-electron chi connectivity index (χ0n) is 14.3. The van der Waals surface area contributed by atoms with Crippen LogP contribution >= 0.6 is 23.2 Å². The number of hydrogen-bond acceptors (Lipinski definition) is 5. The molecule has 1 heterocycles. The second-order valence-electron chi connectivity index (χ2n) is 6.63. The predicted octanol–water partition coefficient (Wildman–Crippen LogP) is 4.22. The van der Waals surface area contributed by atoms with Gasteiger partial charge in [0.05, 0.1) is 30.0 Å². The van der Waals surface area contributed by atoms with Crippen molar-refractivity contribution in [1.82, 2.24) is 0 Å². The molecule has 0 amide bonds. The Morgan fingerprint density at radius 2 is 1.74 bits per heavy atom. The molecule has 0 bridgehead atoms. The van der Waals surface area contributed by atoms with Crippen LogP contribution < -0.4 is 5.73 Å². The molecular weight excluding hydrogens is 385 g/mol. The van der Waals surface area contributed by atoms with Crippen LogP contribution in [-0.4, -0.2) is 19.0 Å². The number of nitriles is 2. The number of nitrogen functional groups attached to an aromatic ring is 1. The standard InChI is InChI=1S/C20H15Cl2N3O2/c21-11-1-2-13(17(22)7-11)18-14-8-20(26-5-6-27-20)4-3-12(14)15(9-23)19(25)16(18)10-24/h1-2,7H,3-6,8,25H2. The average molecular weight is 400 g/mol. The molecule has 0 atom stereocenters. The molecule has 2 N–H and O–H groups in total. The van der Waals surface area contributed by atoms with Gasteiger partial charge in [0.15, 0.2) is 5.79 Å². The monoisotopic (exact) mass is 399 g/mol. The Kier molecular flexibility index (Phi) is 4.50. The number of halogens is 2. The fourth-order valence-electron chi connectivity index (χ4n) is 4.00. The Labute approximate surface area is 166 Å². The van der Waals surface area contributed by atoms with E-state index in [1.807, 2.05) is 0 Å². The zero-order valence-corrected chi connectivity index (χ0v) is 15.8. The van der Waals surface area contributed by atoms with Gasteiger partial charge in [0.25, 0.3) is 0 Å². The van der Waals surface area contributed by atoms with Gasteiger partial charge in [-0.3, -0.25) is 0 Å². The molecule has 1 aliphatic carbocycles. The fourth-order valence-corrected chi connectivity index (χ4v) is 4.50. The van der Waals surface area contributed by atoms with E-state index in [1.54, 1.807) is 18.2 Å². The molecule has 1 spiro atoms. The van der Waals surface area contributed by atoms with E-state index in [1.165, 1.54) is 0 Å². The molecule has 5 nitrogen and oxygen atoms in total. The van der Waals surface area contributed by atoms with Crippen LogP contribution in [0.2, 0.25) is 10.0 Å². The molecule has 1 aliphatic heterocycles. The number of rotatable bonds is 1. The molecular formula is C20H15Cl2N3O2. The summed E-state index contributed by atoms with van der Waals surface area (Å²) in [6.45, 7) is 1.05. The van der Waals surface area contributed by atoms with Crippen molar-refractivity contribution < 1.29 is 9.47 Å². The lowest BCUT2D eigenvalue weighted by Gasteiger charge is -2.35. The van der Waals surface area contributed by atoms with Crippen molar-refractivity contribution in [3.05, 3.63) is 50.5 Å². The zero-order chi connectivity index (χ0) is 19.2. The minimum Gasteiger partial charge on any atom is -0.397 e. The molecule has 4 rings (SSSR count). The molecule has 7 heteroatoms. The Bertz CT molecular complexity index is 1030. The van der Waals surface area contributed by atoms with E-state index in [0.717, 1.165) is 11.1 Å². The van der Waals surface area contributed by atoms with Crippen molar-refractivity contribution in [1.29, 1.82) is 10.5 Å². The van der Waals surface area contributed by atoms with Crippen LogP contribution in [-0.2, 0) is 22.3 Å². The summed E-state index contributed by atoms with van der Waals surface area (Å²) in [6, 6.07) is 9.44. The molecule has 0 saturated carbocycles. The van der Waals surface area contributed by atoms with Gasteiger partial charge < -0.3 is 15.2 Å². The van der Waals surface area contributed by atoms with Gasteiger partial charge >= 0.3 is 0 Å². The number of nitrogens with zero attached hydrogens (tertiary/aromatic N) is 2. The smallest absolute Gasteiger partial charge is 0.172 e. The molecule has 2 aromatic carbocycles. The number of fused-ring (bicyclic) bond motifs is 1. The summed E-state index contributed by atoms with van der Waals surface area (Å²) < 4.78 is 11.8. The summed E-state index contributed by atoms with van der Waals surface area (Å²) in [6.07, 6.45) is 1.64. The van der Waals surface area contributed by atoms with Gasteiger partial charge in [0, 0.05) is 34.0 Å². The van der Waals surface area contributed by atoms with Crippen LogP contribution in [0.1, 0.15) is 28.7 Å². The lowest BCUT2D eigenvalue weighted by molar-refractivity contribution is -0.163. The predicted molar refractivity (Wildman–Crippen MR) is 102 cm³/mol. The van der Waals surface area contributed by atoms with E-state index in [0.29, 0.717) is 59.2 Å². The van der Waals surface area contributed by atoms with Crippen molar-refractivity contribution >= 4 is 28.9 Å². The van der Waals surface area contributed by atoms with Crippen molar-refractivity contribution in [2.75, 3.05) is 18.9 Å². The topological polar surface area (TPSA) is 92.1 Å². The molecule has 27 heavy (non-hydrogen) atoms. The third-order valence-corrected chi connectivity index (χ3v) is 5.74. The highest BCUT2D eigenvalue weighted by Gasteiger charge is 2.42. The summed E-state index contributed by atoms with van der Waals surface area (Å²) in [4.78, 5) is 0. The number of hydrogen-bond donors (Lipinski definition) is 1. The van der Waals surface area contributed by atoms with Gasteiger partial charge in [0.2, 0.25) is 0 Å². The Hall–Kier alpha value is -2.28. The van der Waals surface area contributed by atoms with Gasteiger partial charge in [-0.15, -0.1) is 0 Å². The van der Waals surface area contributed by atoms with E-state index in [9.17, 15) is 10.5 Å². The average Bonchev–Trinajstić information content (AvgIpc) is 3.09. The molecule has 136 valence electrons. The summed E-state index contributed by atoms with van der Waals surface area (Å²) in [5.41, 5.74) is 9.93. The Balaban J connectivity index is 2.04. The maximum Gasteiger partial charge on any atom is 0.172 e. The Morgan fingerprint density at radius 3 is 2.37 bits per heavy atom. The largest absolute Gasteiger partial charge is 0.397 e. The van der Waals surface area contributed by atoms with E-state index >= 15 is 0 Å². The SMILES string of the molecule is N#Cc1c(N)c(C#N)c(-c2ccc(Cl)cc2Cl)c2c1CCC1(C2)OCCO1. The van der Waals surface area contributed by atoms with Gasteiger partial charge in [-0.25, -0.2) is 0 Å². The van der Waals surface area contributed by atoms with E-state index in [-0.39, 0.29) is 11.3 Å². The molecule has 1 fully saturated rings. The third-order valence-electron chi connectivity index (χ3n) is 5.20. The van der Waals surface area contributed by atoms with E-state index in [2.05, 4.69) is 12.1 Å².